The molecule has 1 aliphatic rings. The van der Waals surface area contributed by atoms with Gasteiger partial charge in [-0.1, -0.05) is 18.2 Å². The monoisotopic (exact) mass is 354 g/mol. The molecule has 1 aliphatic heterocycles. The second-order valence-electron chi connectivity index (χ2n) is 6.22. The Morgan fingerprint density at radius 1 is 1.12 bits per heavy atom. The molecule has 0 radical (unpaired) electrons. The van der Waals surface area contributed by atoms with Crippen LogP contribution in [0.25, 0.3) is 0 Å². The van der Waals surface area contributed by atoms with E-state index in [1.54, 1.807) is 24.3 Å². The van der Waals surface area contributed by atoms with Crippen molar-refractivity contribution in [3.05, 3.63) is 54.1 Å². The van der Waals surface area contributed by atoms with Crippen LogP contribution >= 0.6 is 0 Å². The molecule has 0 saturated heterocycles. The third kappa shape index (κ3) is 4.75. The Bertz CT molecular complexity index is 774. The molecule has 3 rings (SSSR count). The molecule has 6 heteroatoms. The van der Waals surface area contributed by atoms with E-state index in [0.29, 0.717) is 31.0 Å². The van der Waals surface area contributed by atoms with Crippen molar-refractivity contribution >= 4 is 23.3 Å². The highest BCUT2D eigenvalue weighted by Gasteiger charge is 2.20. The summed E-state index contributed by atoms with van der Waals surface area (Å²) >= 11 is 0. The lowest BCUT2D eigenvalue weighted by atomic mass is 10.2. The smallest absolute Gasteiger partial charge is 0.303 e. The summed E-state index contributed by atoms with van der Waals surface area (Å²) < 4.78 is 5.48. The maximum Gasteiger partial charge on any atom is 0.303 e. The highest BCUT2D eigenvalue weighted by molar-refractivity contribution is 5.94. The molecule has 6 nitrogen and oxygen atoms in total. The Morgan fingerprint density at radius 2 is 1.88 bits per heavy atom. The van der Waals surface area contributed by atoms with E-state index >= 15 is 0 Å². The average molecular weight is 354 g/mol. The van der Waals surface area contributed by atoms with E-state index in [1.165, 1.54) is 5.56 Å². The molecule has 2 aromatic carbocycles. The lowest BCUT2D eigenvalue weighted by molar-refractivity contribution is -0.137. The first kappa shape index (κ1) is 17.8. The lowest BCUT2D eigenvalue weighted by Crippen LogP contribution is -2.31. The number of carboxylic acid groups (broad SMARTS) is 1. The molecule has 0 unspecified atom stereocenters. The molecule has 0 saturated carbocycles. The summed E-state index contributed by atoms with van der Waals surface area (Å²) in [5, 5.41) is 11.5. The van der Waals surface area contributed by atoms with Crippen molar-refractivity contribution in [1.82, 2.24) is 0 Å². The van der Waals surface area contributed by atoms with Gasteiger partial charge in [0.2, 0.25) is 5.91 Å². The summed E-state index contributed by atoms with van der Waals surface area (Å²) in [7, 11) is 0. The van der Waals surface area contributed by atoms with Crippen LogP contribution in [0.4, 0.5) is 11.4 Å². The highest BCUT2D eigenvalue weighted by Crippen LogP contribution is 2.27. The fourth-order valence-corrected chi connectivity index (χ4v) is 2.99. The quantitative estimate of drug-likeness (QED) is 0.713. The third-order valence-corrected chi connectivity index (χ3v) is 4.26. The number of amides is 1. The molecule has 0 atom stereocenters. The first-order valence-corrected chi connectivity index (χ1v) is 8.69. The summed E-state index contributed by atoms with van der Waals surface area (Å²) in [4.78, 5) is 24.8. The summed E-state index contributed by atoms with van der Waals surface area (Å²) in [6, 6.07) is 15.3. The Labute approximate surface area is 152 Å². The van der Waals surface area contributed by atoms with E-state index in [0.717, 1.165) is 18.7 Å². The molecule has 1 amide bonds. The van der Waals surface area contributed by atoms with Gasteiger partial charge in [-0.25, -0.2) is 0 Å². The number of para-hydroxylation sites is 1. The van der Waals surface area contributed by atoms with Crippen molar-refractivity contribution in [1.29, 1.82) is 0 Å². The van der Waals surface area contributed by atoms with Crippen molar-refractivity contribution in [3.8, 4) is 5.75 Å². The maximum absolute atomic E-state index is 12.3. The predicted molar refractivity (Wildman–Crippen MR) is 99.8 cm³/mol. The number of anilines is 2. The molecule has 2 aromatic rings. The van der Waals surface area contributed by atoms with E-state index in [9.17, 15) is 9.59 Å². The first-order chi connectivity index (χ1) is 12.6. The van der Waals surface area contributed by atoms with E-state index in [4.69, 9.17) is 9.84 Å². The minimum atomic E-state index is -0.827. The molecule has 1 heterocycles. The minimum Gasteiger partial charge on any atom is -0.494 e. The van der Waals surface area contributed by atoms with Crippen LogP contribution in [0.2, 0.25) is 0 Å². The zero-order chi connectivity index (χ0) is 18.4. The van der Waals surface area contributed by atoms with Gasteiger partial charge in [0.25, 0.3) is 0 Å². The van der Waals surface area contributed by atoms with Crippen molar-refractivity contribution in [2.24, 2.45) is 0 Å². The minimum absolute atomic E-state index is 0.0585. The van der Waals surface area contributed by atoms with Gasteiger partial charge >= 0.3 is 5.97 Å². The second-order valence-corrected chi connectivity index (χ2v) is 6.22. The van der Waals surface area contributed by atoms with E-state index in [2.05, 4.69) is 16.3 Å². The Hall–Kier alpha value is -3.02. The van der Waals surface area contributed by atoms with Crippen molar-refractivity contribution in [2.75, 3.05) is 29.9 Å². The van der Waals surface area contributed by atoms with Crippen LogP contribution in [0, 0.1) is 0 Å². The summed E-state index contributed by atoms with van der Waals surface area (Å²) in [5.41, 5.74) is 3.12. The van der Waals surface area contributed by atoms with Gasteiger partial charge in [0.15, 0.2) is 0 Å². The summed E-state index contributed by atoms with van der Waals surface area (Å²) in [5.74, 6) is -0.231. The first-order valence-electron chi connectivity index (χ1n) is 8.69. The number of ether oxygens (including phenoxy) is 1. The molecule has 0 fully saturated rings. The number of hydrogen-bond acceptors (Lipinski definition) is 4. The standard InChI is InChI=1S/C20H22N2O4/c23-19(14-22-12-11-15-4-1-2-5-18(15)22)21-16-7-9-17(10-8-16)26-13-3-6-20(24)25/h1-2,4-5,7-10H,3,6,11-14H2,(H,21,23)(H,24,25). The molecule has 136 valence electrons. The molecule has 2 N–H and O–H groups in total. The van der Waals surface area contributed by atoms with E-state index in [-0.39, 0.29) is 12.3 Å². The van der Waals surface area contributed by atoms with Gasteiger partial charge in [-0.05, 0) is 48.7 Å². The molecular weight excluding hydrogens is 332 g/mol. The van der Waals surface area contributed by atoms with Crippen LogP contribution in [-0.4, -0.2) is 36.7 Å². The van der Waals surface area contributed by atoms with Crippen molar-refractivity contribution in [2.45, 2.75) is 19.3 Å². The molecule has 0 aliphatic carbocycles. The number of aliphatic carboxylic acids is 1. The number of nitrogens with one attached hydrogen (secondary N) is 1. The number of fused-ring (bicyclic) bond motifs is 1. The Balaban J connectivity index is 1.47. The number of hydrogen-bond donors (Lipinski definition) is 2. The van der Waals surface area contributed by atoms with Crippen molar-refractivity contribution in [3.63, 3.8) is 0 Å². The van der Waals surface area contributed by atoms with Gasteiger partial charge in [0, 0.05) is 24.3 Å². The molecular formula is C20H22N2O4. The number of benzene rings is 2. The van der Waals surface area contributed by atoms with Crippen LogP contribution in [0.15, 0.2) is 48.5 Å². The number of carboxylic acids is 1. The molecule has 0 bridgehead atoms. The molecule has 26 heavy (non-hydrogen) atoms. The fraction of sp³-hybridized carbons (Fsp3) is 0.300. The topological polar surface area (TPSA) is 78.9 Å². The van der Waals surface area contributed by atoms with E-state index in [1.807, 2.05) is 18.2 Å². The van der Waals surface area contributed by atoms with Gasteiger partial charge in [-0.15, -0.1) is 0 Å². The van der Waals surface area contributed by atoms with Crippen LogP contribution in [-0.2, 0) is 16.0 Å². The van der Waals surface area contributed by atoms with Gasteiger partial charge < -0.3 is 20.1 Å². The molecule has 0 aromatic heterocycles. The van der Waals surface area contributed by atoms with Crippen LogP contribution < -0.4 is 15.0 Å². The largest absolute Gasteiger partial charge is 0.494 e. The highest BCUT2D eigenvalue weighted by atomic mass is 16.5. The zero-order valence-corrected chi connectivity index (χ0v) is 14.5. The fourth-order valence-electron chi connectivity index (χ4n) is 2.99. The zero-order valence-electron chi connectivity index (χ0n) is 14.5. The number of carbonyl (C=O) groups is 2. The maximum atomic E-state index is 12.3. The SMILES string of the molecule is O=C(O)CCCOc1ccc(NC(=O)CN2CCc3ccccc32)cc1. The predicted octanol–water partition coefficient (Wildman–Crippen LogP) is 2.93. The van der Waals surface area contributed by atoms with Crippen LogP contribution in [0.5, 0.6) is 5.75 Å². The number of rotatable bonds is 8. The normalized spacial score (nSPS) is 12.5. The van der Waals surface area contributed by atoms with Crippen LogP contribution in [0.1, 0.15) is 18.4 Å². The van der Waals surface area contributed by atoms with Gasteiger partial charge in [-0.3, -0.25) is 9.59 Å². The average Bonchev–Trinajstić information content (AvgIpc) is 3.03. The summed E-state index contributed by atoms with van der Waals surface area (Å²) in [6.07, 6.45) is 1.52. The Kier molecular flexibility index (Phi) is 5.73. The Morgan fingerprint density at radius 3 is 2.65 bits per heavy atom. The van der Waals surface area contributed by atoms with Crippen LogP contribution in [0.3, 0.4) is 0 Å². The number of carbonyl (C=O) groups excluding carboxylic acids is 1. The third-order valence-electron chi connectivity index (χ3n) is 4.26. The summed E-state index contributed by atoms with van der Waals surface area (Å²) in [6.45, 7) is 1.53. The van der Waals surface area contributed by atoms with E-state index < -0.39 is 5.97 Å². The number of nitrogens with zero attached hydrogens (tertiary/aromatic N) is 1. The second kappa shape index (κ2) is 8.38. The van der Waals surface area contributed by atoms with Crippen molar-refractivity contribution < 1.29 is 19.4 Å². The van der Waals surface area contributed by atoms with Gasteiger partial charge in [-0.2, -0.15) is 0 Å². The van der Waals surface area contributed by atoms with Gasteiger partial charge in [0.05, 0.1) is 13.2 Å². The lowest BCUT2D eigenvalue weighted by Gasteiger charge is -2.18. The molecule has 0 spiro atoms. The van der Waals surface area contributed by atoms with Gasteiger partial charge in [0.1, 0.15) is 5.75 Å².